The number of benzene rings is 1. The molecule has 3 aromatic heterocycles. The zero-order valence-corrected chi connectivity index (χ0v) is 21.6. The summed E-state index contributed by atoms with van der Waals surface area (Å²) < 4.78 is 0. The predicted molar refractivity (Wildman–Crippen MR) is 141 cm³/mol. The molecule has 0 aliphatic carbocycles. The number of hydrogen-bond donors (Lipinski definition) is 2. The van der Waals surface area contributed by atoms with Gasteiger partial charge in [-0.15, -0.1) is 11.3 Å². The number of H-pyrrole nitrogens is 1. The van der Waals surface area contributed by atoms with Crippen molar-refractivity contribution < 1.29 is 9.59 Å². The largest absolute Gasteiger partial charge is 0.349 e. The fourth-order valence-electron chi connectivity index (χ4n) is 3.50. The molecule has 0 saturated carbocycles. The topological polar surface area (TPSA) is 91.0 Å². The molecular weight excluding hydrogens is 458 g/mol. The molecule has 0 fully saturated rings. The van der Waals surface area contributed by atoms with E-state index in [2.05, 4.69) is 48.2 Å². The van der Waals surface area contributed by atoms with Crippen LogP contribution in [0, 0.1) is 5.41 Å². The number of hydrogen-bond acceptors (Lipinski definition) is 5. The van der Waals surface area contributed by atoms with Crippen LogP contribution in [0.4, 0.5) is 0 Å². The molecule has 7 nitrogen and oxygen atoms in total. The third kappa shape index (κ3) is 5.59. The van der Waals surface area contributed by atoms with E-state index >= 15 is 0 Å². The van der Waals surface area contributed by atoms with Crippen molar-refractivity contribution in [3.05, 3.63) is 70.9 Å². The van der Waals surface area contributed by atoms with Crippen LogP contribution in [0.15, 0.2) is 54.9 Å². The summed E-state index contributed by atoms with van der Waals surface area (Å²) in [5.41, 5.74) is 3.29. The standard InChI is InChI=1S/C27H31N5O2S/c1-17(27(2,3)4)30-25(33)19-15-28-24-23(19)31-20(16-29-24)21-11-12-22(35-21)26(34)32(5)14-13-18-9-7-6-8-10-18/h6-12,15-17H,13-14H2,1-5H3,(H,28,29)(H,30,33)/t17-/m1/s1. The van der Waals surface area contributed by atoms with Gasteiger partial charge in [-0.1, -0.05) is 51.1 Å². The van der Waals surface area contributed by atoms with Crippen LogP contribution >= 0.6 is 11.3 Å². The molecule has 1 atom stereocenters. The van der Waals surface area contributed by atoms with Gasteiger partial charge < -0.3 is 15.2 Å². The van der Waals surface area contributed by atoms with Gasteiger partial charge in [0.15, 0.2) is 5.65 Å². The second-order valence-electron chi connectivity index (χ2n) is 9.84. The second kappa shape index (κ2) is 10.00. The average molecular weight is 490 g/mol. The van der Waals surface area contributed by atoms with Gasteiger partial charge in [0.05, 0.1) is 27.2 Å². The van der Waals surface area contributed by atoms with Gasteiger partial charge in [-0.25, -0.2) is 9.97 Å². The van der Waals surface area contributed by atoms with Crippen molar-refractivity contribution in [3.8, 4) is 10.6 Å². The lowest BCUT2D eigenvalue weighted by Crippen LogP contribution is -2.41. The van der Waals surface area contributed by atoms with E-state index in [1.54, 1.807) is 17.3 Å². The molecule has 182 valence electrons. The van der Waals surface area contributed by atoms with Crippen molar-refractivity contribution in [2.75, 3.05) is 13.6 Å². The van der Waals surface area contributed by atoms with Gasteiger partial charge in [0.2, 0.25) is 0 Å². The quantitative estimate of drug-likeness (QED) is 0.375. The summed E-state index contributed by atoms with van der Waals surface area (Å²) in [4.78, 5) is 41.3. The molecule has 35 heavy (non-hydrogen) atoms. The van der Waals surface area contributed by atoms with E-state index in [1.807, 2.05) is 44.3 Å². The van der Waals surface area contributed by atoms with Crippen LogP contribution < -0.4 is 5.32 Å². The summed E-state index contributed by atoms with van der Waals surface area (Å²) in [5.74, 6) is -0.212. The molecule has 8 heteroatoms. The first-order valence-electron chi connectivity index (χ1n) is 11.7. The van der Waals surface area contributed by atoms with E-state index in [-0.39, 0.29) is 23.3 Å². The molecule has 4 aromatic rings. The highest BCUT2D eigenvalue weighted by molar-refractivity contribution is 7.17. The van der Waals surface area contributed by atoms with Crippen molar-refractivity contribution in [2.24, 2.45) is 5.41 Å². The summed E-state index contributed by atoms with van der Waals surface area (Å²) in [6.07, 6.45) is 4.11. The normalized spacial score (nSPS) is 12.5. The fraction of sp³-hybridized carbons (Fsp3) is 0.333. The van der Waals surface area contributed by atoms with E-state index in [9.17, 15) is 9.59 Å². The number of amides is 2. The number of aromatic amines is 1. The number of carbonyl (C=O) groups is 2. The molecule has 0 aliphatic rings. The monoisotopic (exact) mass is 489 g/mol. The third-order valence-electron chi connectivity index (χ3n) is 6.27. The Labute approximate surface area is 209 Å². The summed E-state index contributed by atoms with van der Waals surface area (Å²) in [6.45, 7) is 8.88. The minimum Gasteiger partial charge on any atom is -0.349 e. The van der Waals surface area contributed by atoms with Crippen LogP contribution in [0.3, 0.4) is 0 Å². The molecule has 0 saturated heterocycles. The number of aromatic nitrogens is 3. The van der Waals surface area contributed by atoms with Gasteiger partial charge in [0.1, 0.15) is 5.52 Å². The van der Waals surface area contributed by atoms with E-state index in [1.165, 1.54) is 16.9 Å². The highest BCUT2D eigenvalue weighted by Gasteiger charge is 2.24. The van der Waals surface area contributed by atoms with Gasteiger partial charge in [-0.05, 0) is 36.5 Å². The molecule has 0 bridgehead atoms. The Morgan fingerprint density at radius 1 is 1.14 bits per heavy atom. The van der Waals surface area contributed by atoms with Crippen LogP contribution in [0.1, 0.15) is 53.3 Å². The van der Waals surface area contributed by atoms with Gasteiger partial charge in [0.25, 0.3) is 11.8 Å². The zero-order valence-electron chi connectivity index (χ0n) is 20.8. The molecule has 3 heterocycles. The highest BCUT2D eigenvalue weighted by atomic mass is 32.1. The van der Waals surface area contributed by atoms with Crippen molar-refractivity contribution in [1.29, 1.82) is 0 Å². The number of nitrogens with zero attached hydrogens (tertiary/aromatic N) is 3. The van der Waals surface area contributed by atoms with E-state index in [4.69, 9.17) is 4.98 Å². The molecule has 0 aliphatic heterocycles. The number of carbonyl (C=O) groups excluding carboxylic acids is 2. The molecule has 2 amide bonds. The van der Waals surface area contributed by atoms with E-state index in [0.717, 1.165) is 11.3 Å². The summed E-state index contributed by atoms with van der Waals surface area (Å²) in [5, 5.41) is 3.05. The zero-order chi connectivity index (χ0) is 25.2. The first kappa shape index (κ1) is 24.6. The number of fused-ring (bicyclic) bond motifs is 1. The number of nitrogens with one attached hydrogen (secondary N) is 2. The molecule has 0 spiro atoms. The summed E-state index contributed by atoms with van der Waals surface area (Å²) >= 11 is 1.38. The predicted octanol–water partition coefficient (Wildman–Crippen LogP) is 5.17. The maximum Gasteiger partial charge on any atom is 0.263 e. The summed E-state index contributed by atoms with van der Waals surface area (Å²) in [6, 6.07) is 13.8. The Kier molecular flexibility index (Phi) is 7.03. The number of rotatable bonds is 7. The van der Waals surface area contributed by atoms with Crippen molar-refractivity contribution in [1.82, 2.24) is 25.2 Å². The van der Waals surface area contributed by atoms with Crippen molar-refractivity contribution >= 4 is 34.3 Å². The highest BCUT2D eigenvalue weighted by Crippen LogP contribution is 2.29. The number of thiophene rings is 1. The third-order valence-corrected chi connectivity index (χ3v) is 7.36. The maximum absolute atomic E-state index is 13.0. The molecular formula is C27H31N5O2S. The molecule has 0 radical (unpaired) electrons. The Balaban J connectivity index is 1.50. The van der Waals surface area contributed by atoms with Crippen LogP contribution in [0.25, 0.3) is 21.7 Å². The smallest absolute Gasteiger partial charge is 0.263 e. The van der Waals surface area contributed by atoms with Gasteiger partial charge in [-0.2, -0.15) is 0 Å². The van der Waals surface area contributed by atoms with Crippen LogP contribution in [-0.2, 0) is 6.42 Å². The molecule has 0 unspecified atom stereocenters. The minimum absolute atomic E-state index is 0.0131. The van der Waals surface area contributed by atoms with E-state index < -0.39 is 0 Å². The maximum atomic E-state index is 13.0. The first-order valence-corrected chi connectivity index (χ1v) is 12.5. The van der Waals surface area contributed by atoms with Crippen LogP contribution in [0.2, 0.25) is 0 Å². The lowest BCUT2D eigenvalue weighted by molar-refractivity contribution is 0.0801. The lowest BCUT2D eigenvalue weighted by Gasteiger charge is -2.27. The first-order chi connectivity index (χ1) is 16.6. The van der Waals surface area contributed by atoms with Gasteiger partial charge in [0, 0.05) is 25.8 Å². The minimum atomic E-state index is -0.188. The SMILES string of the molecule is C[C@@H](NC(=O)c1c[nH]c2ncc(-c3ccc(C(=O)N(C)CCc4ccccc4)s3)nc12)C(C)(C)C. The Morgan fingerprint density at radius 2 is 1.89 bits per heavy atom. The molecule has 4 rings (SSSR count). The van der Waals surface area contributed by atoms with Crippen LogP contribution in [0.5, 0.6) is 0 Å². The molecule has 2 N–H and O–H groups in total. The Bertz CT molecular complexity index is 1340. The Hall–Kier alpha value is -3.52. The molecule has 1 aromatic carbocycles. The Morgan fingerprint density at radius 3 is 2.60 bits per heavy atom. The summed E-state index contributed by atoms with van der Waals surface area (Å²) in [7, 11) is 1.82. The lowest BCUT2D eigenvalue weighted by atomic mass is 9.88. The average Bonchev–Trinajstić information content (AvgIpc) is 3.49. The number of likely N-dealkylation sites (N-methyl/N-ethyl adjacent to an activating group) is 1. The van der Waals surface area contributed by atoms with E-state index in [0.29, 0.717) is 33.8 Å². The van der Waals surface area contributed by atoms with Crippen LogP contribution in [-0.4, -0.2) is 51.3 Å². The second-order valence-corrected chi connectivity index (χ2v) is 10.9. The van der Waals surface area contributed by atoms with Gasteiger partial charge in [-0.3, -0.25) is 9.59 Å². The van der Waals surface area contributed by atoms with Crippen molar-refractivity contribution in [2.45, 2.75) is 40.2 Å². The van der Waals surface area contributed by atoms with Crippen molar-refractivity contribution in [3.63, 3.8) is 0 Å². The van der Waals surface area contributed by atoms with Gasteiger partial charge >= 0.3 is 0 Å². The fourth-order valence-corrected chi connectivity index (χ4v) is 4.45.